The minimum atomic E-state index is -2.57. The van der Waals surface area contributed by atoms with Crippen molar-refractivity contribution in [2.45, 2.75) is 57.5 Å². The van der Waals surface area contributed by atoms with Gasteiger partial charge in [-0.2, -0.15) is 0 Å². The monoisotopic (exact) mass is 543 g/mol. The van der Waals surface area contributed by atoms with Crippen LogP contribution in [0.2, 0.25) is 0 Å². The number of hydrogen-bond acceptors (Lipinski definition) is 7. The number of methoxy groups -OCH3 is 3. The molecule has 0 amide bonds. The Balaban J connectivity index is 1.73. The maximum absolute atomic E-state index is 13.4. The van der Waals surface area contributed by atoms with Crippen molar-refractivity contribution in [3.8, 4) is 17.2 Å². The van der Waals surface area contributed by atoms with Crippen LogP contribution >= 0.6 is 35.8 Å². The number of thiocarbonyl (C=S) groups is 2. The van der Waals surface area contributed by atoms with Gasteiger partial charge in [-0.1, -0.05) is 38.3 Å². The molecule has 1 aliphatic carbocycles. The van der Waals surface area contributed by atoms with Gasteiger partial charge in [0, 0.05) is 29.8 Å². The van der Waals surface area contributed by atoms with E-state index < -0.39 is 5.92 Å². The zero-order valence-electron chi connectivity index (χ0n) is 20.4. The number of benzene rings is 1. The van der Waals surface area contributed by atoms with Crippen LogP contribution in [0.15, 0.2) is 17.5 Å². The van der Waals surface area contributed by atoms with Gasteiger partial charge in [-0.25, -0.2) is 13.8 Å². The van der Waals surface area contributed by atoms with E-state index in [4.69, 9.17) is 43.6 Å². The predicted octanol–water partition coefficient (Wildman–Crippen LogP) is 5.67. The second-order valence-electron chi connectivity index (χ2n) is 8.78. The van der Waals surface area contributed by atoms with Crippen molar-refractivity contribution in [1.29, 1.82) is 0 Å². The Labute approximate surface area is 219 Å². The van der Waals surface area contributed by atoms with Gasteiger partial charge in [-0.15, -0.1) is 11.3 Å². The molecule has 1 heterocycles. The molecule has 1 unspecified atom stereocenters. The van der Waals surface area contributed by atoms with E-state index in [-0.39, 0.29) is 30.8 Å². The van der Waals surface area contributed by atoms with Gasteiger partial charge in [0.25, 0.3) is 0 Å². The maximum atomic E-state index is 13.4. The van der Waals surface area contributed by atoms with Crippen molar-refractivity contribution in [3.05, 3.63) is 33.8 Å². The van der Waals surface area contributed by atoms with E-state index in [0.717, 1.165) is 10.6 Å². The third kappa shape index (κ3) is 6.77. The normalized spacial score (nSPS) is 16.5. The first kappa shape index (κ1) is 27.5. The fourth-order valence-electron chi connectivity index (χ4n) is 3.93. The highest BCUT2D eigenvalue weighted by atomic mass is 32.1. The first-order valence-electron chi connectivity index (χ1n) is 11.3. The van der Waals surface area contributed by atoms with E-state index in [9.17, 15) is 8.78 Å². The topological polar surface area (TPSA) is 64.6 Å². The zero-order valence-corrected chi connectivity index (χ0v) is 22.9. The molecule has 1 aromatic carbocycles. The lowest BCUT2D eigenvalue weighted by molar-refractivity contribution is -0.0389. The number of alkyl halides is 2. The van der Waals surface area contributed by atoms with E-state index in [0.29, 0.717) is 45.8 Å². The fourth-order valence-corrected chi connectivity index (χ4v) is 5.55. The minimum Gasteiger partial charge on any atom is -0.493 e. The smallest absolute Gasteiger partial charge is 0.248 e. The maximum Gasteiger partial charge on any atom is 0.248 e. The summed E-state index contributed by atoms with van der Waals surface area (Å²) in [5.74, 6) is -0.869. The average molecular weight is 544 g/mol. The molecule has 1 fully saturated rings. The number of aromatic nitrogens is 1. The van der Waals surface area contributed by atoms with Crippen LogP contribution in [0.1, 0.15) is 61.8 Å². The van der Waals surface area contributed by atoms with E-state index in [1.165, 1.54) is 11.3 Å². The Morgan fingerprint density at radius 3 is 2.17 bits per heavy atom. The highest BCUT2D eigenvalue weighted by Crippen LogP contribution is 2.38. The number of nitrogens with one attached hydrogen (secondary N) is 2. The van der Waals surface area contributed by atoms with Gasteiger partial charge >= 0.3 is 0 Å². The quantitative estimate of drug-likeness (QED) is 0.392. The highest BCUT2D eigenvalue weighted by Gasteiger charge is 2.35. The molecule has 2 aromatic rings. The van der Waals surface area contributed by atoms with Gasteiger partial charge < -0.3 is 24.8 Å². The predicted molar refractivity (Wildman–Crippen MR) is 143 cm³/mol. The number of thiazole rings is 1. The molecule has 0 saturated heterocycles. The van der Waals surface area contributed by atoms with E-state index in [2.05, 4.69) is 24.5 Å². The molecule has 0 spiro atoms. The number of hydrogen-bond donors (Lipinski definition) is 2. The fraction of sp³-hybridized carbons (Fsp3) is 0.542. The first-order valence-corrected chi connectivity index (χ1v) is 13.0. The lowest BCUT2D eigenvalue weighted by Gasteiger charge is -2.29. The Morgan fingerprint density at radius 2 is 1.66 bits per heavy atom. The molecule has 1 saturated carbocycles. The minimum absolute atomic E-state index is 0.0566. The van der Waals surface area contributed by atoms with Gasteiger partial charge in [-0.3, -0.25) is 0 Å². The SMILES string of the molecule is COc1cc(C(=S)NC(c2nc(C(=S)NC3CCC(F)(F)CC3)cs2)C(C)C)cc(OC)c1OC. The summed E-state index contributed by atoms with van der Waals surface area (Å²) in [5.41, 5.74) is 1.37. The van der Waals surface area contributed by atoms with Crippen LogP contribution in [0, 0.1) is 5.92 Å². The molecule has 0 aliphatic heterocycles. The molecule has 1 aromatic heterocycles. The third-order valence-electron chi connectivity index (χ3n) is 5.95. The van der Waals surface area contributed by atoms with Gasteiger partial charge in [0.1, 0.15) is 20.7 Å². The van der Waals surface area contributed by atoms with Crippen LogP contribution in [0.4, 0.5) is 8.78 Å². The summed E-state index contributed by atoms with van der Waals surface area (Å²) in [6.45, 7) is 4.16. The van der Waals surface area contributed by atoms with Crippen LogP contribution in [0.3, 0.4) is 0 Å². The highest BCUT2D eigenvalue weighted by molar-refractivity contribution is 7.81. The Morgan fingerprint density at radius 1 is 1.06 bits per heavy atom. The van der Waals surface area contributed by atoms with Gasteiger partial charge in [0.15, 0.2) is 11.5 Å². The molecule has 11 heteroatoms. The van der Waals surface area contributed by atoms with Crippen LogP contribution in [-0.2, 0) is 0 Å². The van der Waals surface area contributed by atoms with E-state index in [1.807, 2.05) is 5.38 Å². The molecule has 1 aliphatic rings. The number of nitrogens with zero attached hydrogens (tertiary/aromatic N) is 1. The Kier molecular flexibility index (Phi) is 9.22. The van der Waals surface area contributed by atoms with Crippen molar-refractivity contribution in [3.63, 3.8) is 0 Å². The van der Waals surface area contributed by atoms with Crippen molar-refractivity contribution in [2.75, 3.05) is 21.3 Å². The van der Waals surface area contributed by atoms with E-state index >= 15 is 0 Å². The largest absolute Gasteiger partial charge is 0.493 e. The third-order valence-corrected chi connectivity index (χ3v) is 7.56. The Bertz CT molecular complexity index is 1030. The molecule has 0 bridgehead atoms. The number of halogens is 2. The lowest BCUT2D eigenvalue weighted by atomic mass is 9.92. The lowest BCUT2D eigenvalue weighted by Crippen LogP contribution is -2.40. The van der Waals surface area contributed by atoms with Crippen molar-refractivity contribution in [1.82, 2.24) is 15.6 Å². The zero-order chi connectivity index (χ0) is 25.8. The van der Waals surface area contributed by atoms with Crippen molar-refractivity contribution in [2.24, 2.45) is 5.92 Å². The molecule has 192 valence electrons. The first-order chi connectivity index (χ1) is 16.6. The molecule has 3 rings (SSSR count). The molecule has 2 N–H and O–H groups in total. The standard InChI is InChI=1S/C24H31F2N3O3S3/c1-13(2)19(29-21(33)14-10-17(30-3)20(32-5)18(11-14)31-4)23-28-16(12-35-23)22(34)27-15-6-8-24(25,26)9-7-15/h10-13,15,19H,6-9H2,1-5H3,(H,27,34)(H,29,33). The Hall–Kier alpha value is -2.11. The summed E-state index contributed by atoms with van der Waals surface area (Å²) in [6, 6.07) is 3.39. The summed E-state index contributed by atoms with van der Waals surface area (Å²) < 4.78 is 43.2. The second-order valence-corrected chi connectivity index (χ2v) is 10.5. The van der Waals surface area contributed by atoms with Crippen LogP contribution in [0.5, 0.6) is 17.2 Å². The molecule has 6 nitrogen and oxygen atoms in total. The summed E-state index contributed by atoms with van der Waals surface area (Å²) in [7, 11) is 4.66. The molecule has 35 heavy (non-hydrogen) atoms. The summed E-state index contributed by atoms with van der Waals surface area (Å²) in [5, 5.41) is 9.35. The molecule has 1 atom stereocenters. The summed E-state index contributed by atoms with van der Waals surface area (Å²) in [6.07, 6.45) is 0.549. The molecular weight excluding hydrogens is 512 g/mol. The number of rotatable bonds is 9. The van der Waals surface area contributed by atoms with Crippen molar-refractivity contribution < 1.29 is 23.0 Å². The molecule has 0 radical (unpaired) electrons. The van der Waals surface area contributed by atoms with Crippen LogP contribution < -0.4 is 24.8 Å². The van der Waals surface area contributed by atoms with Crippen molar-refractivity contribution >= 4 is 45.7 Å². The van der Waals surface area contributed by atoms with Gasteiger partial charge in [-0.05, 0) is 30.9 Å². The second kappa shape index (κ2) is 11.7. The summed E-state index contributed by atoms with van der Waals surface area (Å²) in [4.78, 5) is 5.74. The van der Waals surface area contributed by atoms with E-state index in [1.54, 1.807) is 33.5 Å². The van der Waals surface area contributed by atoms with Gasteiger partial charge in [0.2, 0.25) is 11.7 Å². The van der Waals surface area contributed by atoms with Crippen LogP contribution in [-0.4, -0.2) is 48.3 Å². The van der Waals surface area contributed by atoms with Gasteiger partial charge in [0.05, 0.1) is 27.4 Å². The summed E-state index contributed by atoms with van der Waals surface area (Å²) >= 11 is 12.7. The molecular formula is C24H31F2N3O3S3. The number of ether oxygens (including phenoxy) is 3. The van der Waals surface area contributed by atoms with Crippen LogP contribution in [0.25, 0.3) is 0 Å². The average Bonchev–Trinajstić information content (AvgIpc) is 3.32.